The number of nitrogens with zero attached hydrogens (tertiary/aromatic N) is 4. The van der Waals surface area contributed by atoms with Crippen molar-refractivity contribution in [1.29, 1.82) is 0 Å². The van der Waals surface area contributed by atoms with Crippen LogP contribution in [0.5, 0.6) is 0 Å². The molecule has 2 aromatic carbocycles. The molecule has 3 rings (SSSR count). The zero-order valence-corrected chi connectivity index (χ0v) is 15.6. The number of carbonyl (C=O) groups excluding carboxylic acids is 2. The van der Waals surface area contributed by atoms with E-state index in [-0.39, 0.29) is 18.4 Å². The van der Waals surface area contributed by atoms with Gasteiger partial charge in [-0.2, -0.15) is 4.79 Å². The average molecular weight is 379 g/mol. The first-order valence-electron chi connectivity index (χ1n) is 8.56. The molecule has 0 aliphatic carbocycles. The smallest absolute Gasteiger partial charge is 0.251 e. The molecule has 144 valence electrons. The van der Waals surface area contributed by atoms with E-state index in [9.17, 15) is 9.59 Å². The predicted octanol–water partition coefficient (Wildman–Crippen LogP) is 1.09. The first kappa shape index (κ1) is 18.9. The number of anilines is 2. The Morgan fingerprint density at radius 2 is 1.82 bits per heavy atom. The van der Waals surface area contributed by atoms with Crippen LogP contribution in [0, 0.1) is 0 Å². The number of rotatable bonds is 6. The van der Waals surface area contributed by atoms with Gasteiger partial charge in [-0.3, -0.25) is 9.59 Å². The van der Waals surface area contributed by atoms with Crippen LogP contribution in [0.1, 0.15) is 10.4 Å². The molecule has 28 heavy (non-hydrogen) atoms. The Hall–Kier alpha value is -3.88. The number of para-hydroxylation sites is 1. The molecule has 3 aromatic rings. The summed E-state index contributed by atoms with van der Waals surface area (Å²) in [6, 6.07) is 14.3. The second-order valence-corrected chi connectivity index (χ2v) is 6.30. The molecular weight excluding hydrogens is 358 g/mol. The SMILES string of the molecule is CN(C)c1ccc(C(=O)NCC(=O)Nc2ccccc2-c2cn(N)nn2)cc1. The molecule has 0 fully saturated rings. The summed E-state index contributed by atoms with van der Waals surface area (Å²) in [7, 11) is 3.84. The van der Waals surface area contributed by atoms with E-state index < -0.39 is 0 Å². The van der Waals surface area contributed by atoms with Crippen molar-refractivity contribution in [3.63, 3.8) is 0 Å². The Morgan fingerprint density at radius 1 is 1.11 bits per heavy atom. The van der Waals surface area contributed by atoms with E-state index in [4.69, 9.17) is 5.84 Å². The second kappa shape index (κ2) is 8.21. The molecule has 0 aliphatic rings. The molecule has 0 radical (unpaired) electrons. The second-order valence-electron chi connectivity index (χ2n) is 6.30. The van der Waals surface area contributed by atoms with E-state index in [2.05, 4.69) is 20.9 Å². The Labute approximate surface area is 162 Å². The van der Waals surface area contributed by atoms with Gasteiger partial charge in [0, 0.05) is 30.9 Å². The van der Waals surface area contributed by atoms with Crippen LogP contribution >= 0.6 is 0 Å². The van der Waals surface area contributed by atoms with Crippen molar-refractivity contribution in [2.45, 2.75) is 0 Å². The molecule has 9 nitrogen and oxygen atoms in total. The van der Waals surface area contributed by atoms with Gasteiger partial charge < -0.3 is 21.4 Å². The van der Waals surface area contributed by atoms with E-state index in [0.717, 1.165) is 10.5 Å². The Bertz CT molecular complexity index is 980. The predicted molar refractivity (Wildman–Crippen MR) is 107 cm³/mol. The van der Waals surface area contributed by atoms with E-state index in [1.54, 1.807) is 36.5 Å². The summed E-state index contributed by atoms with van der Waals surface area (Å²) >= 11 is 0. The normalized spacial score (nSPS) is 10.4. The monoisotopic (exact) mass is 379 g/mol. The summed E-state index contributed by atoms with van der Waals surface area (Å²) in [5.41, 5.74) is 3.23. The molecular formula is C19H21N7O2. The van der Waals surface area contributed by atoms with Gasteiger partial charge in [0.15, 0.2) is 0 Å². The number of carbonyl (C=O) groups is 2. The third-order valence-electron chi connectivity index (χ3n) is 4.04. The van der Waals surface area contributed by atoms with Crippen LogP contribution in [0.3, 0.4) is 0 Å². The molecule has 4 N–H and O–H groups in total. The highest BCUT2D eigenvalue weighted by Crippen LogP contribution is 2.25. The van der Waals surface area contributed by atoms with E-state index in [1.807, 2.05) is 37.2 Å². The number of benzene rings is 2. The zero-order valence-electron chi connectivity index (χ0n) is 15.6. The number of hydrogen-bond donors (Lipinski definition) is 3. The van der Waals surface area contributed by atoms with Crippen LogP contribution in [0.4, 0.5) is 11.4 Å². The summed E-state index contributed by atoms with van der Waals surface area (Å²) < 4.78 is 0. The minimum absolute atomic E-state index is 0.161. The lowest BCUT2D eigenvalue weighted by molar-refractivity contribution is -0.115. The number of hydrogen-bond acceptors (Lipinski definition) is 6. The van der Waals surface area contributed by atoms with Crippen molar-refractivity contribution in [3.05, 3.63) is 60.3 Å². The van der Waals surface area contributed by atoms with Crippen LogP contribution in [0.25, 0.3) is 11.3 Å². The number of nitrogens with one attached hydrogen (secondary N) is 2. The summed E-state index contributed by atoms with van der Waals surface area (Å²) in [4.78, 5) is 27.5. The van der Waals surface area contributed by atoms with Gasteiger partial charge in [0.25, 0.3) is 5.91 Å². The highest BCUT2D eigenvalue weighted by Gasteiger charge is 2.12. The van der Waals surface area contributed by atoms with Crippen molar-refractivity contribution in [2.75, 3.05) is 36.7 Å². The quantitative estimate of drug-likeness (QED) is 0.552. The lowest BCUT2D eigenvalue weighted by Crippen LogP contribution is -2.33. The van der Waals surface area contributed by atoms with Gasteiger partial charge in [-0.1, -0.05) is 18.2 Å². The molecule has 0 aliphatic heterocycles. The lowest BCUT2D eigenvalue weighted by Gasteiger charge is -2.13. The first-order valence-corrected chi connectivity index (χ1v) is 8.56. The Kier molecular flexibility index (Phi) is 5.54. The van der Waals surface area contributed by atoms with Crippen molar-refractivity contribution in [2.24, 2.45) is 0 Å². The fourth-order valence-electron chi connectivity index (χ4n) is 2.58. The number of aromatic nitrogens is 3. The van der Waals surface area contributed by atoms with Crippen LogP contribution < -0.4 is 21.4 Å². The fourth-order valence-corrected chi connectivity index (χ4v) is 2.58. The highest BCUT2D eigenvalue weighted by molar-refractivity contribution is 6.00. The largest absolute Gasteiger partial charge is 0.378 e. The molecule has 1 heterocycles. The van der Waals surface area contributed by atoms with Gasteiger partial charge in [0.05, 0.1) is 18.4 Å². The third kappa shape index (κ3) is 4.44. The average Bonchev–Trinajstić information content (AvgIpc) is 3.12. The number of nitrogen functional groups attached to an aromatic ring is 1. The summed E-state index contributed by atoms with van der Waals surface area (Å²) in [6.07, 6.45) is 1.55. The van der Waals surface area contributed by atoms with Gasteiger partial charge in [-0.05, 0) is 35.5 Å². The van der Waals surface area contributed by atoms with Crippen LogP contribution in [0.15, 0.2) is 54.7 Å². The minimum Gasteiger partial charge on any atom is -0.378 e. The molecule has 0 atom stereocenters. The molecule has 0 saturated carbocycles. The summed E-state index contributed by atoms with van der Waals surface area (Å²) in [6.45, 7) is -0.161. The van der Waals surface area contributed by atoms with Crippen molar-refractivity contribution >= 4 is 23.2 Å². The molecule has 0 unspecified atom stereocenters. The van der Waals surface area contributed by atoms with Gasteiger partial charge in [-0.25, -0.2) is 0 Å². The molecule has 0 spiro atoms. The van der Waals surface area contributed by atoms with Gasteiger partial charge in [-0.15, -0.1) is 5.10 Å². The molecule has 9 heteroatoms. The third-order valence-corrected chi connectivity index (χ3v) is 4.04. The molecule has 2 amide bonds. The van der Waals surface area contributed by atoms with Crippen LogP contribution in [0.2, 0.25) is 0 Å². The topological polar surface area (TPSA) is 118 Å². The van der Waals surface area contributed by atoms with Crippen molar-refractivity contribution < 1.29 is 9.59 Å². The maximum Gasteiger partial charge on any atom is 0.251 e. The summed E-state index contributed by atoms with van der Waals surface area (Å²) in [5, 5.41) is 13.0. The first-order chi connectivity index (χ1) is 13.4. The van der Waals surface area contributed by atoms with E-state index >= 15 is 0 Å². The van der Waals surface area contributed by atoms with Crippen molar-refractivity contribution in [1.82, 2.24) is 20.4 Å². The maximum absolute atomic E-state index is 12.3. The zero-order chi connectivity index (χ0) is 20.1. The number of amides is 2. The molecule has 0 bridgehead atoms. The molecule has 1 aromatic heterocycles. The fraction of sp³-hybridized carbons (Fsp3) is 0.158. The maximum atomic E-state index is 12.3. The van der Waals surface area contributed by atoms with Gasteiger partial charge in [0.2, 0.25) is 5.91 Å². The highest BCUT2D eigenvalue weighted by atomic mass is 16.2. The van der Waals surface area contributed by atoms with Crippen molar-refractivity contribution in [3.8, 4) is 11.3 Å². The standard InChI is InChI=1S/C19H21N7O2/c1-25(2)14-9-7-13(8-10-14)19(28)21-11-18(27)22-16-6-4-3-5-15(16)17-12-26(20)24-23-17/h3-10,12H,11,20H2,1-2H3,(H,21,28)(H,22,27). The Morgan fingerprint density at radius 3 is 2.46 bits per heavy atom. The van der Waals surface area contributed by atoms with Crippen LogP contribution in [-0.4, -0.2) is 47.6 Å². The number of nitrogens with two attached hydrogens (primary N) is 1. The Balaban J connectivity index is 1.61. The van der Waals surface area contributed by atoms with Gasteiger partial charge in [0.1, 0.15) is 5.69 Å². The lowest BCUT2D eigenvalue weighted by atomic mass is 10.1. The van der Waals surface area contributed by atoms with E-state index in [1.165, 1.54) is 0 Å². The minimum atomic E-state index is -0.356. The summed E-state index contributed by atoms with van der Waals surface area (Å²) in [5.74, 6) is 4.86. The van der Waals surface area contributed by atoms with Gasteiger partial charge >= 0.3 is 0 Å². The van der Waals surface area contributed by atoms with Crippen LogP contribution in [-0.2, 0) is 4.79 Å². The van der Waals surface area contributed by atoms with E-state index in [0.29, 0.717) is 22.5 Å². The molecule has 0 saturated heterocycles.